The van der Waals surface area contributed by atoms with Crippen molar-refractivity contribution in [2.24, 2.45) is 5.92 Å². The van der Waals surface area contributed by atoms with E-state index in [0.717, 1.165) is 30.9 Å². The Morgan fingerprint density at radius 3 is 2.55 bits per heavy atom. The molecule has 0 amide bonds. The second kappa shape index (κ2) is 5.54. The van der Waals surface area contributed by atoms with E-state index in [1.54, 1.807) is 0 Å². The van der Waals surface area contributed by atoms with E-state index < -0.39 is 5.97 Å². The highest BCUT2D eigenvalue weighted by atomic mass is 16.4. The van der Waals surface area contributed by atoms with Crippen molar-refractivity contribution in [3.63, 3.8) is 0 Å². The minimum atomic E-state index is -0.659. The van der Waals surface area contributed by atoms with Crippen molar-refractivity contribution in [1.29, 1.82) is 0 Å². The van der Waals surface area contributed by atoms with Gasteiger partial charge >= 0.3 is 5.97 Å². The third kappa shape index (κ3) is 2.45. The minimum Gasteiger partial charge on any atom is -0.481 e. The molecule has 1 aromatic heterocycles. The van der Waals surface area contributed by atoms with E-state index in [2.05, 4.69) is 14.8 Å². The topological polar surface area (TPSA) is 68.0 Å². The molecule has 0 radical (unpaired) electrons. The van der Waals surface area contributed by atoms with E-state index in [4.69, 9.17) is 5.11 Å². The molecule has 2 atom stereocenters. The Morgan fingerprint density at radius 2 is 1.90 bits per heavy atom. The number of aryl methyl sites for hydroxylation is 1. The van der Waals surface area contributed by atoms with Gasteiger partial charge in [-0.2, -0.15) is 0 Å². The van der Waals surface area contributed by atoms with E-state index in [0.29, 0.717) is 6.04 Å². The molecule has 0 spiro atoms. The lowest BCUT2D eigenvalue weighted by Crippen LogP contribution is -2.18. The molecule has 1 heterocycles. The van der Waals surface area contributed by atoms with E-state index in [1.165, 1.54) is 32.1 Å². The number of carboxylic acids is 1. The van der Waals surface area contributed by atoms with Crippen LogP contribution in [0.4, 0.5) is 0 Å². The predicted molar refractivity (Wildman–Crippen MR) is 74.6 cm³/mol. The van der Waals surface area contributed by atoms with Gasteiger partial charge < -0.3 is 9.67 Å². The Bertz CT molecular complexity index is 491. The molecule has 5 heteroatoms. The summed E-state index contributed by atoms with van der Waals surface area (Å²) in [6, 6.07) is 0.526. The highest BCUT2D eigenvalue weighted by Crippen LogP contribution is 2.40. The second-order valence-electron chi connectivity index (χ2n) is 6.31. The second-order valence-corrected chi connectivity index (χ2v) is 6.31. The SMILES string of the molecule is Cc1nnc(C2CCC(C(=O)O)C2)n1C1CCCCC1. The molecule has 2 aliphatic carbocycles. The normalized spacial score (nSPS) is 27.9. The molecule has 2 fully saturated rings. The molecular formula is C15H23N3O2. The average molecular weight is 277 g/mol. The minimum absolute atomic E-state index is 0.197. The summed E-state index contributed by atoms with van der Waals surface area (Å²) in [5.74, 6) is 1.45. The summed E-state index contributed by atoms with van der Waals surface area (Å²) in [5.41, 5.74) is 0. The van der Waals surface area contributed by atoms with Crippen molar-refractivity contribution < 1.29 is 9.90 Å². The standard InChI is InChI=1S/C15H23N3O2/c1-10-16-17-14(11-7-8-12(9-11)15(19)20)18(10)13-5-3-2-4-6-13/h11-13H,2-9H2,1H3,(H,19,20). The van der Waals surface area contributed by atoms with Gasteiger partial charge in [0.1, 0.15) is 11.6 Å². The number of aromatic nitrogens is 3. The third-order valence-electron chi connectivity index (χ3n) is 4.98. The Morgan fingerprint density at radius 1 is 1.15 bits per heavy atom. The summed E-state index contributed by atoms with van der Waals surface area (Å²) in [6.45, 7) is 2.02. The molecule has 20 heavy (non-hydrogen) atoms. The number of carbonyl (C=O) groups is 1. The molecule has 3 rings (SSSR count). The van der Waals surface area contributed by atoms with Crippen LogP contribution >= 0.6 is 0 Å². The molecule has 2 unspecified atom stereocenters. The van der Waals surface area contributed by atoms with Crippen molar-refractivity contribution >= 4 is 5.97 Å². The van der Waals surface area contributed by atoms with Crippen LogP contribution in [0.25, 0.3) is 0 Å². The first kappa shape index (κ1) is 13.6. The number of nitrogens with zero attached hydrogens (tertiary/aromatic N) is 3. The van der Waals surface area contributed by atoms with Crippen LogP contribution in [0.2, 0.25) is 0 Å². The van der Waals surface area contributed by atoms with Crippen LogP contribution in [0, 0.1) is 12.8 Å². The summed E-state index contributed by atoms with van der Waals surface area (Å²) in [5, 5.41) is 17.8. The van der Waals surface area contributed by atoms with Gasteiger partial charge in [0.25, 0.3) is 0 Å². The highest BCUT2D eigenvalue weighted by Gasteiger charge is 2.34. The maximum atomic E-state index is 11.1. The van der Waals surface area contributed by atoms with Gasteiger partial charge in [-0.15, -0.1) is 10.2 Å². The first-order valence-corrected chi connectivity index (χ1v) is 7.81. The Labute approximate surface area is 119 Å². The summed E-state index contributed by atoms with van der Waals surface area (Å²) in [4.78, 5) is 11.1. The van der Waals surface area contributed by atoms with Crippen LogP contribution in [0.3, 0.4) is 0 Å². The first-order chi connectivity index (χ1) is 9.66. The molecule has 1 aromatic rings. The lowest BCUT2D eigenvalue weighted by Gasteiger charge is -2.26. The lowest BCUT2D eigenvalue weighted by molar-refractivity contribution is -0.141. The summed E-state index contributed by atoms with van der Waals surface area (Å²) >= 11 is 0. The number of carboxylic acid groups (broad SMARTS) is 1. The zero-order chi connectivity index (χ0) is 14.1. The first-order valence-electron chi connectivity index (χ1n) is 7.81. The van der Waals surface area contributed by atoms with Gasteiger partial charge in [-0.25, -0.2) is 0 Å². The fraction of sp³-hybridized carbons (Fsp3) is 0.800. The van der Waals surface area contributed by atoms with Crippen molar-refractivity contribution in [3.05, 3.63) is 11.6 Å². The van der Waals surface area contributed by atoms with E-state index >= 15 is 0 Å². The van der Waals surface area contributed by atoms with Crippen LogP contribution in [0.5, 0.6) is 0 Å². The molecule has 110 valence electrons. The monoisotopic (exact) mass is 277 g/mol. The van der Waals surface area contributed by atoms with Crippen molar-refractivity contribution in [1.82, 2.24) is 14.8 Å². The molecule has 0 saturated heterocycles. The zero-order valence-electron chi connectivity index (χ0n) is 12.1. The van der Waals surface area contributed by atoms with Gasteiger partial charge in [0.2, 0.25) is 0 Å². The summed E-state index contributed by atoms with van der Waals surface area (Å²) < 4.78 is 2.31. The van der Waals surface area contributed by atoms with E-state index in [1.807, 2.05) is 6.92 Å². The molecule has 0 aliphatic heterocycles. The molecular weight excluding hydrogens is 254 g/mol. The average Bonchev–Trinajstić information content (AvgIpc) is 3.06. The van der Waals surface area contributed by atoms with E-state index in [-0.39, 0.29) is 11.8 Å². The van der Waals surface area contributed by atoms with Crippen molar-refractivity contribution in [3.8, 4) is 0 Å². The molecule has 5 nitrogen and oxygen atoms in total. The van der Waals surface area contributed by atoms with Crippen LogP contribution in [-0.4, -0.2) is 25.8 Å². The van der Waals surface area contributed by atoms with Crippen LogP contribution in [0.1, 0.15) is 75.0 Å². The fourth-order valence-corrected chi connectivity index (χ4v) is 3.89. The molecule has 0 aromatic carbocycles. The van der Waals surface area contributed by atoms with Gasteiger partial charge in [0.05, 0.1) is 5.92 Å². The summed E-state index contributed by atoms with van der Waals surface area (Å²) in [6.07, 6.45) is 8.74. The van der Waals surface area contributed by atoms with Gasteiger partial charge in [-0.05, 0) is 39.0 Å². The lowest BCUT2D eigenvalue weighted by atomic mass is 9.94. The maximum Gasteiger partial charge on any atom is 0.306 e. The molecule has 0 bridgehead atoms. The number of hydrogen-bond donors (Lipinski definition) is 1. The van der Waals surface area contributed by atoms with Crippen molar-refractivity contribution in [2.75, 3.05) is 0 Å². The molecule has 2 aliphatic rings. The highest BCUT2D eigenvalue weighted by molar-refractivity contribution is 5.70. The van der Waals surface area contributed by atoms with Gasteiger partial charge in [-0.3, -0.25) is 4.79 Å². The van der Waals surface area contributed by atoms with Gasteiger partial charge in [0, 0.05) is 12.0 Å². The Balaban J connectivity index is 1.82. The van der Waals surface area contributed by atoms with Gasteiger partial charge in [-0.1, -0.05) is 19.3 Å². The number of hydrogen-bond acceptors (Lipinski definition) is 3. The van der Waals surface area contributed by atoms with Crippen LogP contribution in [-0.2, 0) is 4.79 Å². The van der Waals surface area contributed by atoms with Gasteiger partial charge in [0.15, 0.2) is 0 Å². The Kier molecular flexibility index (Phi) is 3.76. The molecule has 2 saturated carbocycles. The Hall–Kier alpha value is -1.39. The van der Waals surface area contributed by atoms with Crippen LogP contribution in [0.15, 0.2) is 0 Å². The number of rotatable bonds is 3. The van der Waals surface area contributed by atoms with E-state index in [9.17, 15) is 4.79 Å². The number of aliphatic carboxylic acids is 1. The smallest absolute Gasteiger partial charge is 0.306 e. The fourth-order valence-electron chi connectivity index (χ4n) is 3.89. The van der Waals surface area contributed by atoms with Crippen LogP contribution < -0.4 is 0 Å². The van der Waals surface area contributed by atoms with Crippen molar-refractivity contribution in [2.45, 2.75) is 70.3 Å². The predicted octanol–water partition coefficient (Wildman–Crippen LogP) is 3.06. The quantitative estimate of drug-likeness (QED) is 0.922. The maximum absolute atomic E-state index is 11.1. The third-order valence-corrected chi connectivity index (χ3v) is 4.98. The zero-order valence-corrected chi connectivity index (χ0v) is 12.1. The molecule has 1 N–H and O–H groups in total. The summed E-state index contributed by atoms with van der Waals surface area (Å²) in [7, 11) is 0. The largest absolute Gasteiger partial charge is 0.481 e.